The lowest BCUT2D eigenvalue weighted by Crippen LogP contribution is -2.50. The quantitative estimate of drug-likeness (QED) is 0.256. The number of aliphatic hydroxyl groups excluding tert-OH is 1. The van der Waals surface area contributed by atoms with Crippen molar-refractivity contribution in [1.29, 1.82) is 0 Å². The number of hydrogen-bond donors (Lipinski definition) is 1. The molecular formula is C18H38O6Si. The summed E-state index contributed by atoms with van der Waals surface area (Å²) >= 11 is 0. The van der Waals surface area contributed by atoms with Crippen LogP contribution in [0.1, 0.15) is 61.8 Å². The molecule has 0 radical (unpaired) electrons. The minimum atomic E-state index is -2.80. The summed E-state index contributed by atoms with van der Waals surface area (Å²) in [6.45, 7) is 19.2. The lowest BCUT2D eigenvalue weighted by molar-refractivity contribution is -0.139. The van der Waals surface area contributed by atoms with Crippen LogP contribution in [0.25, 0.3) is 0 Å². The first-order valence-electron chi connectivity index (χ1n) is 8.96. The SMILES string of the molecule is C=C(C)C(=O)OCCC[Si](OC(C)C)(OC(C)C)OC(C)C.CCO. The summed E-state index contributed by atoms with van der Waals surface area (Å²) in [4.78, 5) is 11.4. The standard InChI is InChI=1S/C16H32O5Si.C2H6O/c1-12(2)16(17)18-10-9-11-22(19-13(3)4,20-14(5)6)21-15(7)8;1-2-3/h13-15H,1,9-11H2,2-8H3;3H,2H2,1H3. The molecule has 0 unspecified atom stereocenters. The van der Waals surface area contributed by atoms with Crippen molar-refractivity contribution in [2.24, 2.45) is 0 Å². The molecule has 0 bridgehead atoms. The molecule has 7 heteroatoms. The molecule has 0 rings (SSSR count). The topological polar surface area (TPSA) is 74.2 Å². The lowest BCUT2D eigenvalue weighted by atomic mass is 10.4. The molecule has 6 nitrogen and oxygen atoms in total. The summed E-state index contributed by atoms with van der Waals surface area (Å²) in [6, 6.07) is 0.616. The van der Waals surface area contributed by atoms with Crippen LogP contribution in [-0.2, 0) is 22.8 Å². The molecule has 0 spiro atoms. The highest BCUT2D eigenvalue weighted by Crippen LogP contribution is 2.23. The van der Waals surface area contributed by atoms with E-state index < -0.39 is 8.80 Å². The van der Waals surface area contributed by atoms with Crippen LogP contribution in [-0.4, -0.2) is 51.4 Å². The molecule has 0 atom stereocenters. The molecule has 0 aromatic heterocycles. The maximum absolute atomic E-state index is 11.4. The molecule has 0 amide bonds. The summed E-state index contributed by atoms with van der Waals surface area (Å²) in [6.07, 6.45) is 0.684. The Bertz CT molecular complexity index is 342. The van der Waals surface area contributed by atoms with Crippen LogP contribution in [0.2, 0.25) is 6.04 Å². The molecule has 150 valence electrons. The Labute approximate surface area is 154 Å². The van der Waals surface area contributed by atoms with Gasteiger partial charge in [-0.2, -0.15) is 0 Å². The van der Waals surface area contributed by atoms with E-state index in [-0.39, 0.29) is 30.9 Å². The zero-order valence-electron chi connectivity index (χ0n) is 17.3. The van der Waals surface area contributed by atoms with Gasteiger partial charge in [0.2, 0.25) is 0 Å². The highest BCUT2D eigenvalue weighted by Gasteiger charge is 2.43. The number of ether oxygens (including phenoxy) is 1. The second kappa shape index (κ2) is 14.4. The van der Waals surface area contributed by atoms with Crippen molar-refractivity contribution in [3.63, 3.8) is 0 Å². The Hall–Kier alpha value is -0.733. The molecule has 0 saturated carbocycles. The van der Waals surface area contributed by atoms with Crippen LogP contribution in [0.3, 0.4) is 0 Å². The Kier molecular flexibility index (Phi) is 15.3. The van der Waals surface area contributed by atoms with Gasteiger partial charge in [0.25, 0.3) is 0 Å². The predicted molar refractivity (Wildman–Crippen MR) is 102 cm³/mol. The van der Waals surface area contributed by atoms with Crippen LogP contribution in [0.15, 0.2) is 12.2 Å². The van der Waals surface area contributed by atoms with E-state index in [2.05, 4.69) is 6.58 Å². The van der Waals surface area contributed by atoms with Crippen LogP contribution in [0.5, 0.6) is 0 Å². The maximum atomic E-state index is 11.4. The van der Waals surface area contributed by atoms with Gasteiger partial charge in [-0.1, -0.05) is 6.58 Å². The molecule has 1 N–H and O–H groups in total. The zero-order valence-corrected chi connectivity index (χ0v) is 18.3. The third-order valence-corrected chi connectivity index (χ3v) is 5.91. The summed E-state index contributed by atoms with van der Waals surface area (Å²) in [5.41, 5.74) is 0.402. The van der Waals surface area contributed by atoms with E-state index in [0.717, 1.165) is 0 Å². The summed E-state index contributed by atoms with van der Waals surface area (Å²) in [5, 5.41) is 7.57. The number of carbonyl (C=O) groups excluding carboxylic acids is 1. The molecule has 0 fully saturated rings. The van der Waals surface area contributed by atoms with E-state index in [4.69, 9.17) is 23.1 Å². The van der Waals surface area contributed by atoms with Gasteiger partial charge in [-0.3, -0.25) is 0 Å². The first-order chi connectivity index (χ1) is 11.5. The van der Waals surface area contributed by atoms with Crippen molar-refractivity contribution in [3.05, 3.63) is 12.2 Å². The van der Waals surface area contributed by atoms with Crippen molar-refractivity contribution in [2.45, 2.75) is 86.2 Å². The molecule has 0 aliphatic rings. The number of aliphatic hydroxyl groups is 1. The molecule has 0 saturated heterocycles. The van der Waals surface area contributed by atoms with Crippen LogP contribution < -0.4 is 0 Å². The van der Waals surface area contributed by atoms with Gasteiger partial charge in [0.05, 0.1) is 6.61 Å². The van der Waals surface area contributed by atoms with Gasteiger partial charge in [0.1, 0.15) is 0 Å². The van der Waals surface area contributed by atoms with E-state index in [9.17, 15) is 4.79 Å². The minimum absolute atomic E-state index is 0.0159. The summed E-state index contributed by atoms with van der Waals surface area (Å²) in [5.74, 6) is -0.369. The summed E-state index contributed by atoms with van der Waals surface area (Å²) < 4.78 is 23.3. The number of carbonyl (C=O) groups is 1. The van der Waals surface area contributed by atoms with Crippen molar-refractivity contribution in [3.8, 4) is 0 Å². The largest absolute Gasteiger partial charge is 0.501 e. The fraction of sp³-hybridized carbons (Fsp3) is 0.833. The molecular weight excluding hydrogens is 340 g/mol. The fourth-order valence-electron chi connectivity index (χ4n) is 1.91. The third kappa shape index (κ3) is 15.3. The first kappa shape index (κ1) is 26.5. The third-order valence-electron chi connectivity index (χ3n) is 2.45. The molecule has 0 aliphatic heterocycles. The second-order valence-electron chi connectivity index (χ2n) is 6.52. The van der Waals surface area contributed by atoms with Crippen molar-refractivity contribution >= 4 is 14.8 Å². The summed E-state index contributed by atoms with van der Waals surface area (Å²) in [7, 11) is -2.80. The monoisotopic (exact) mass is 378 g/mol. The van der Waals surface area contributed by atoms with Crippen LogP contribution in [0, 0.1) is 0 Å². The Morgan fingerprint density at radius 2 is 1.36 bits per heavy atom. The normalized spacial score (nSPS) is 11.5. The van der Waals surface area contributed by atoms with Crippen molar-refractivity contribution in [1.82, 2.24) is 0 Å². The van der Waals surface area contributed by atoms with Gasteiger partial charge >= 0.3 is 14.8 Å². The molecule has 0 aromatic carbocycles. The van der Waals surface area contributed by atoms with Crippen LogP contribution in [0.4, 0.5) is 0 Å². The van der Waals surface area contributed by atoms with E-state index in [0.29, 0.717) is 24.6 Å². The molecule has 0 aliphatic carbocycles. The Morgan fingerprint density at radius 1 is 1.00 bits per heavy atom. The van der Waals surface area contributed by atoms with Crippen molar-refractivity contribution in [2.75, 3.05) is 13.2 Å². The lowest BCUT2D eigenvalue weighted by Gasteiger charge is -2.34. The highest BCUT2D eigenvalue weighted by atomic mass is 28.4. The van der Waals surface area contributed by atoms with Crippen LogP contribution >= 0.6 is 0 Å². The number of esters is 1. The minimum Gasteiger partial charge on any atom is -0.462 e. The number of hydrogen-bond acceptors (Lipinski definition) is 6. The van der Waals surface area contributed by atoms with Gasteiger partial charge in [-0.05, 0) is 61.8 Å². The molecule has 25 heavy (non-hydrogen) atoms. The predicted octanol–water partition coefficient (Wildman–Crippen LogP) is 3.71. The van der Waals surface area contributed by atoms with Gasteiger partial charge in [0, 0.05) is 36.5 Å². The van der Waals surface area contributed by atoms with E-state index >= 15 is 0 Å². The van der Waals surface area contributed by atoms with Gasteiger partial charge in [-0.25, -0.2) is 4.79 Å². The average Bonchev–Trinajstić information content (AvgIpc) is 2.41. The molecule has 0 aromatic rings. The first-order valence-corrected chi connectivity index (χ1v) is 10.9. The highest BCUT2D eigenvalue weighted by molar-refractivity contribution is 6.60. The zero-order chi connectivity index (χ0) is 20.0. The van der Waals surface area contributed by atoms with Crippen molar-refractivity contribution < 1.29 is 27.9 Å². The molecule has 0 heterocycles. The smallest absolute Gasteiger partial charge is 0.462 e. The maximum Gasteiger partial charge on any atom is 0.501 e. The van der Waals surface area contributed by atoms with Gasteiger partial charge in [0.15, 0.2) is 0 Å². The fourth-order valence-corrected chi connectivity index (χ4v) is 5.17. The Balaban J connectivity index is 0. The van der Waals surface area contributed by atoms with E-state index in [1.165, 1.54) is 0 Å². The Morgan fingerprint density at radius 3 is 1.64 bits per heavy atom. The van der Waals surface area contributed by atoms with Gasteiger partial charge in [-0.15, -0.1) is 0 Å². The van der Waals surface area contributed by atoms with E-state index in [1.807, 2.05) is 41.5 Å². The van der Waals surface area contributed by atoms with E-state index in [1.54, 1.807) is 13.8 Å². The second-order valence-corrected chi connectivity index (χ2v) is 9.09. The van der Waals surface area contributed by atoms with Gasteiger partial charge < -0.3 is 23.1 Å². The average molecular weight is 379 g/mol. The number of rotatable bonds is 11.